The Bertz CT molecular complexity index is 670. The van der Waals surface area contributed by atoms with Gasteiger partial charge in [-0.2, -0.15) is 0 Å². The second-order valence-corrected chi connectivity index (χ2v) is 6.89. The molecule has 2 nitrogen and oxygen atoms in total. The van der Waals surface area contributed by atoms with Crippen molar-refractivity contribution in [2.24, 2.45) is 5.73 Å². The van der Waals surface area contributed by atoms with Crippen molar-refractivity contribution in [1.29, 1.82) is 0 Å². The molecule has 0 saturated carbocycles. The Balaban J connectivity index is 2.11. The SMILES string of the molecule is Cc1ccc(Br)cc1C(N)c1cc(Br)cc2c1OCC2. The molecule has 1 unspecified atom stereocenters. The Morgan fingerprint density at radius 1 is 1.10 bits per heavy atom. The first-order chi connectivity index (χ1) is 9.56. The lowest BCUT2D eigenvalue weighted by molar-refractivity contribution is 0.352. The number of aryl methyl sites for hydroxylation is 1. The maximum atomic E-state index is 6.51. The van der Waals surface area contributed by atoms with Crippen LogP contribution in [0.2, 0.25) is 0 Å². The van der Waals surface area contributed by atoms with E-state index in [9.17, 15) is 0 Å². The van der Waals surface area contributed by atoms with Crippen molar-refractivity contribution in [2.75, 3.05) is 6.61 Å². The van der Waals surface area contributed by atoms with Crippen LogP contribution < -0.4 is 10.5 Å². The summed E-state index contributed by atoms with van der Waals surface area (Å²) in [6.45, 7) is 2.82. The van der Waals surface area contributed by atoms with E-state index < -0.39 is 0 Å². The Morgan fingerprint density at radius 2 is 1.85 bits per heavy atom. The van der Waals surface area contributed by atoms with Crippen LogP contribution in [0.3, 0.4) is 0 Å². The van der Waals surface area contributed by atoms with Crippen molar-refractivity contribution < 1.29 is 4.74 Å². The normalized spacial score (nSPS) is 14.8. The largest absolute Gasteiger partial charge is 0.493 e. The van der Waals surface area contributed by atoms with Gasteiger partial charge in [0.1, 0.15) is 5.75 Å². The minimum atomic E-state index is -0.183. The van der Waals surface area contributed by atoms with E-state index in [1.165, 1.54) is 11.1 Å². The Kier molecular flexibility index (Phi) is 3.89. The number of rotatable bonds is 2. The highest BCUT2D eigenvalue weighted by Gasteiger charge is 2.23. The molecule has 0 aliphatic carbocycles. The number of fused-ring (bicyclic) bond motifs is 1. The van der Waals surface area contributed by atoms with Crippen LogP contribution >= 0.6 is 31.9 Å². The van der Waals surface area contributed by atoms with Gasteiger partial charge in [-0.1, -0.05) is 37.9 Å². The fourth-order valence-corrected chi connectivity index (χ4v) is 3.54. The number of hydrogen-bond acceptors (Lipinski definition) is 2. The summed E-state index contributed by atoms with van der Waals surface area (Å²) < 4.78 is 7.88. The molecule has 4 heteroatoms. The summed E-state index contributed by atoms with van der Waals surface area (Å²) in [5, 5.41) is 0. The summed E-state index contributed by atoms with van der Waals surface area (Å²) in [4.78, 5) is 0. The molecule has 0 bridgehead atoms. The molecule has 2 aromatic rings. The van der Waals surface area contributed by atoms with Crippen LogP contribution in [-0.4, -0.2) is 6.61 Å². The van der Waals surface area contributed by atoms with Gasteiger partial charge in [-0.3, -0.25) is 0 Å². The van der Waals surface area contributed by atoms with Crippen molar-refractivity contribution in [3.05, 3.63) is 61.5 Å². The second-order valence-electron chi connectivity index (χ2n) is 5.06. The van der Waals surface area contributed by atoms with Crippen molar-refractivity contribution >= 4 is 31.9 Å². The van der Waals surface area contributed by atoms with Crippen LogP contribution in [0.1, 0.15) is 28.3 Å². The van der Waals surface area contributed by atoms with E-state index in [0.717, 1.165) is 38.8 Å². The summed E-state index contributed by atoms with van der Waals surface area (Å²) in [6, 6.07) is 10.2. The number of nitrogens with two attached hydrogens (primary N) is 1. The van der Waals surface area contributed by atoms with Crippen LogP contribution in [0.25, 0.3) is 0 Å². The molecule has 2 aromatic carbocycles. The Labute approximate surface area is 135 Å². The minimum Gasteiger partial charge on any atom is -0.493 e. The third kappa shape index (κ3) is 2.52. The van der Waals surface area contributed by atoms with Gasteiger partial charge in [-0.15, -0.1) is 0 Å². The zero-order chi connectivity index (χ0) is 14.3. The molecule has 104 valence electrons. The summed E-state index contributed by atoms with van der Waals surface area (Å²) >= 11 is 7.09. The Hall–Kier alpha value is -0.840. The third-order valence-electron chi connectivity index (χ3n) is 3.69. The van der Waals surface area contributed by atoms with Gasteiger partial charge in [0.05, 0.1) is 12.6 Å². The lowest BCUT2D eigenvalue weighted by atomic mass is 9.94. The van der Waals surface area contributed by atoms with E-state index in [1.807, 2.05) is 6.07 Å². The molecular weight excluding hydrogens is 382 g/mol. The molecule has 0 fully saturated rings. The molecule has 0 spiro atoms. The highest BCUT2D eigenvalue weighted by Crippen LogP contribution is 2.38. The molecule has 2 N–H and O–H groups in total. The summed E-state index contributed by atoms with van der Waals surface area (Å²) in [5.74, 6) is 0.958. The van der Waals surface area contributed by atoms with Gasteiger partial charge < -0.3 is 10.5 Å². The third-order valence-corrected chi connectivity index (χ3v) is 4.64. The van der Waals surface area contributed by atoms with Crippen molar-refractivity contribution in [1.82, 2.24) is 0 Å². The number of ether oxygens (including phenoxy) is 1. The maximum Gasteiger partial charge on any atom is 0.127 e. The van der Waals surface area contributed by atoms with E-state index in [1.54, 1.807) is 0 Å². The van der Waals surface area contributed by atoms with Gasteiger partial charge in [-0.25, -0.2) is 0 Å². The quantitative estimate of drug-likeness (QED) is 0.810. The second kappa shape index (κ2) is 5.51. The molecule has 1 atom stereocenters. The number of hydrogen-bond donors (Lipinski definition) is 1. The molecule has 1 aliphatic rings. The maximum absolute atomic E-state index is 6.51. The molecule has 20 heavy (non-hydrogen) atoms. The first-order valence-corrected chi connectivity index (χ1v) is 8.11. The number of benzene rings is 2. The van der Waals surface area contributed by atoms with Gasteiger partial charge in [0.15, 0.2) is 0 Å². The van der Waals surface area contributed by atoms with Gasteiger partial charge in [0.25, 0.3) is 0 Å². The fraction of sp³-hybridized carbons (Fsp3) is 0.250. The lowest BCUT2D eigenvalue weighted by Crippen LogP contribution is -2.14. The molecule has 0 amide bonds. The van der Waals surface area contributed by atoms with Gasteiger partial charge in [-0.05, 0) is 47.9 Å². The van der Waals surface area contributed by atoms with Crippen molar-refractivity contribution in [3.8, 4) is 5.75 Å². The van der Waals surface area contributed by atoms with Crippen LogP contribution in [0.4, 0.5) is 0 Å². The van der Waals surface area contributed by atoms with Crippen LogP contribution in [0.5, 0.6) is 5.75 Å². The predicted molar refractivity (Wildman–Crippen MR) is 88.3 cm³/mol. The highest BCUT2D eigenvalue weighted by molar-refractivity contribution is 9.10. The topological polar surface area (TPSA) is 35.2 Å². The first kappa shape index (κ1) is 14.1. The lowest BCUT2D eigenvalue weighted by Gasteiger charge is -2.19. The average molecular weight is 397 g/mol. The van der Waals surface area contributed by atoms with Crippen LogP contribution in [0, 0.1) is 6.92 Å². The summed E-state index contributed by atoms with van der Waals surface area (Å²) in [6.07, 6.45) is 0.950. The molecule has 1 aliphatic heterocycles. The molecule has 0 aromatic heterocycles. The minimum absolute atomic E-state index is 0.183. The number of halogens is 2. The smallest absolute Gasteiger partial charge is 0.127 e. The molecule has 1 heterocycles. The van der Waals surface area contributed by atoms with E-state index >= 15 is 0 Å². The van der Waals surface area contributed by atoms with Crippen molar-refractivity contribution in [3.63, 3.8) is 0 Å². The predicted octanol–water partition coefficient (Wildman–Crippen LogP) is 4.50. The zero-order valence-corrected chi connectivity index (χ0v) is 14.3. The standard InChI is InChI=1S/C16H15Br2NO/c1-9-2-3-11(17)7-13(9)15(19)14-8-12(18)6-10-4-5-20-16(10)14/h2-3,6-8,15H,4-5,19H2,1H3. The van der Waals surface area contributed by atoms with E-state index in [0.29, 0.717) is 0 Å². The summed E-state index contributed by atoms with van der Waals surface area (Å²) in [5.41, 5.74) is 11.1. The van der Waals surface area contributed by atoms with E-state index in [-0.39, 0.29) is 6.04 Å². The monoisotopic (exact) mass is 395 g/mol. The van der Waals surface area contributed by atoms with E-state index in [4.69, 9.17) is 10.5 Å². The molecule has 0 radical (unpaired) electrons. The zero-order valence-electron chi connectivity index (χ0n) is 11.1. The fourth-order valence-electron chi connectivity index (χ4n) is 2.64. The highest BCUT2D eigenvalue weighted by atomic mass is 79.9. The van der Waals surface area contributed by atoms with E-state index in [2.05, 4.69) is 63.0 Å². The Morgan fingerprint density at radius 3 is 2.65 bits per heavy atom. The van der Waals surface area contributed by atoms with Crippen LogP contribution in [-0.2, 0) is 6.42 Å². The van der Waals surface area contributed by atoms with Gasteiger partial charge >= 0.3 is 0 Å². The molecular formula is C16H15Br2NO. The average Bonchev–Trinajstić information content (AvgIpc) is 2.87. The first-order valence-electron chi connectivity index (χ1n) is 6.53. The summed E-state index contributed by atoms with van der Waals surface area (Å²) in [7, 11) is 0. The molecule has 3 rings (SSSR count). The molecule has 0 saturated heterocycles. The van der Waals surface area contributed by atoms with Crippen LogP contribution in [0.15, 0.2) is 39.3 Å². The van der Waals surface area contributed by atoms with Gasteiger partial charge in [0, 0.05) is 20.9 Å². The van der Waals surface area contributed by atoms with Crippen molar-refractivity contribution in [2.45, 2.75) is 19.4 Å². The van der Waals surface area contributed by atoms with Gasteiger partial charge in [0.2, 0.25) is 0 Å².